The normalized spacial score (nSPS) is 10.5. The molecule has 0 fully saturated rings. The first-order valence-electron chi connectivity index (χ1n) is 5.59. The quantitative estimate of drug-likeness (QED) is 0.851. The van der Waals surface area contributed by atoms with Crippen molar-refractivity contribution in [1.29, 1.82) is 0 Å². The maximum Gasteiger partial charge on any atom is 0.212 e. The van der Waals surface area contributed by atoms with Crippen LogP contribution in [-0.4, -0.2) is 16.7 Å². The smallest absolute Gasteiger partial charge is 0.212 e. The van der Waals surface area contributed by atoms with Crippen molar-refractivity contribution in [2.45, 2.75) is 13.1 Å². The highest BCUT2D eigenvalue weighted by Gasteiger charge is 1.98. The van der Waals surface area contributed by atoms with Gasteiger partial charge in [-0.25, -0.2) is 4.98 Å². The molecule has 0 aliphatic carbocycles. The van der Waals surface area contributed by atoms with E-state index in [1.807, 2.05) is 37.6 Å². The van der Waals surface area contributed by atoms with E-state index in [0.29, 0.717) is 5.88 Å². The number of methoxy groups -OCH3 is 1. The van der Waals surface area contributed by atoms with E-state index in [9.17, 15) is 0 Å². The number of ether oxygens (including phenoxy) is 1. The van der Waals surface area contributed by atoms with E-state index in [2.05, 4.69) is 20.9 Å². The summed E-state index contributed by atoms with van der Waals surface area (Å²) in [6.45, 7) is 1.66. The number of hydrogen-bond acceptors (Lipinski definition) is 3. The van der Waals surface area contributed by atoms with Gasteiger partial charge in [-0.2, -0.15) is 0 Å². The molecule has 1 N–H and O–H groups in total. The van der Waals surface area contributed by atoms with Gasteiger partial charge in [-0.05, 0) is 17.7 Å². The zero-order valence-corrected chi connectivity index (χ0v) is 10.2. The van der Waals surface area contributed by atoms with Gasteiger partial charge < -0.3 is 14.6 Å². The lowest BCUT2D eigenvalue weighted by Gasteiger charge is -2.06. The topological polar surface area (TPSA) is 39.1 Å². The van der Waals surface area contributed by atoms with Crippen molar-refractivity contribution < 1.29 is 4.74 Å². The van der Waals surface area contributed by atoms with E-state index in [4.69, 9.17) is 4.74 Å². The second-order valence-electron chi connectivity index (χ2n) is 3.92. The lowest BCUT2D eigenvalue weighted by molar-refractivity contribution is 0.397. The summed E-state index contributed by atoms with van der Waals surface area (Å²) < 4.78 is 7.12. The Morgan fingerprint density at radius 2 is 2.18 bits per heavy atom. The molecule has 2 rings (SSSR count). The van der Waals surface area contributed by atoms with Crippen LogP contribution in [0, 0.1) is 0 Å². The molecule has 0 atom stereocenters. The van der Waals surface area contributed by atoms with Crippen LogP contribution in [0.5, 0.6) is 5.88 Å². The fraction of sp³-hybridized carbons (Fsp3) is 0.308. The van der Waals surface area contributed by atoms with Crippen LogP contribution in [0.25, 0.3) is 0 Å². The maximum absolute atomic E-state index is 5.01. The Hall–Kier alpha value is -1.81. The van der Waals surface area contributed by atoms with Gasteiger partial charge in [0.2, 0.25) is 5.88 Å². The summed E-state index contributed by atoms with van der Waals surface area (Å²) in [4.78, 5) is 4.16. The molecule has 0 aliphatic heterocycles. The van der Waals surface area contributed by atoms with Gasteiger partial charge in [0.1, 0.15) is 0 Å². The van der Waals surface area contributed by atoms with Gasteiger partial charge in [-0.15, -0.1) is 0 Å². The lowest BCUT2D eigenvalue weighted by atomic mass is 10.3. The van der Waals surface area contributed by atoms with Crippen molar-refractivity contribution in [3.63, 3.8) is 0 Å². The predicted octanol–water partition coefficient (Wildman–Crippen LogP) is 1.72. The Balaban J connectivity index is 1.83. The minimum absolute atomic E-state index is 0.649. The Morgan fingerprint density at radius 3 is 2.76 bits per heavy atom. The molecule has 90 valence electrons. The summed E-state index contributed by atoms with van der Waals surface area (Å²) in [7, 11) is 3.67. The van der Waals surface area contributed by atoms with Crippen molar-refractivity contribution in [3.05, 3.63) is 47.9 Å². The van der Waals surface area contributed by atoms with Crippen LogP contribution >= 0.6 is 0 Å². The number of hydrogen-bond donors (Lipinski definition) is 1. The fourth-order valence-corrected chi connectivity index (χ4v) is 1.65. The van der Waals surface area contributed by atoms with Crippen LogP contribution in [0.3, 0.4) is 0 Å². The van der Waals surface area contributed by atoms with E-state index in [1.54, 1.807) is 7.11 Å². The molecule has 0 amide bonds. The highest BCUT2D eigenvalue weighted by Crippen LogP contribution is 2.06. The molecule has 2 aromatic heterocycles. The van der Waals surface area contributed by atoms with Gasteiger partial charge in [0.15, 0.2) is 0 Å². The number of nitrogens with one attached hydrogen (secondary N) is 1. The second-order valence-corrected chi connectivity index (χ2v) is 3.92. The molecule has 0 aromatic carbocycles. The summed E-state index contributed by atoms with van der Waals surface area (Å²) >= 11 is 0. The Morgan fingerprint density at radius 1 is 1.29 bits per heavy atom. The van der Waals surface area contributed by atoms with Gasteiger partial charge in [-0.1, -0.05) is 6.07 Å². The molecule has 2 heterocycles. The zero-order valence-electron chi connectivity index (χ0n) is 10.2. The highest BCUT2D eigenvalue weighted by molar-refractivity contribution is 5.17. The van der Waals surface area contributed by atoms with E-state index >= 15 is 0 Å². The summed E-state index contributed by atoms with van der Waals surface area (Å²) in [5, 5.41) is 3.38. The van der Waals surface area contributed by atoms with Gasteiger partial charge in [0, 0.05) is 44.3 Å². The molecule has 2 aromatic rings. The molecule has 4 nitrogen and oxygen atoms in total. The summed E-state index contributed by atoms with van der Waals surface area (Å²) in [5.74, 6) is 0.649. The molecule has 0 radical (unpaired) electrons. The van der Waals surface area contributed by atoms with Crippen molar-refractivity contribution in [3.8, 4) is 5.88 Å². The predicted molar refractivity (Wildman–Crippen MR) is 66.7 cm³/mol. The molecule has 0 bridgehead atoms. The average molecular weight is 231 g/mol. The molecule has 4 heteroatoms. The molecule has 17 heavy (non-hydrogen) atoms. The molecule has 0 aliphatic rings. The van der Waals surface area contributed by atoms with Crippen LogP contribution in [0.15, 0.2) is 36.7 Å². The van der Waals surface area contributed by atoms with Crippen LogP contribution < -0.4 is 10.1 Å². The number of aryl methyl sites for hydroxylation is 1. The molecular weight excluding hydrogens is 214 g/mol. The van der Waals surface area contributed by atoms with Crippen molar-refractivity contribution >= 4 is 0 Å². The van der Waals surface area contributed by atoms with Crippen molar-refractivity contribution in [2.24, 2.45) is 7.05 Å². The highest BCUT2D eigenvalue weighted by atomic mass is 16.5. The van der Waals surface area contributed by atoms with E-state index in [1.165, 1.54) is 5.69 Å². The second kappa shape index (κ2) is 5.50. The van der Waals surface area contributed by atoms with Gasteiger partial charge in [0.25, 0.3) is 0 Å². The zero-order chi connectivity index (χ0) is 12.1. The standard InChI is InChI=1S/C13H17N3O/c1-16-7-3-4-12(16)10-14-8-11-5-6-13(17-2)15-9-11/h3-7,9,14H,8,10H2,1-2H3. The SMILES string of the molecule is COc1ccc(CNCc2cccn2C)cn1. The molecule has 0 unspecified atom stereocenters. The third-order valence-corrected chi connectivity index (χ3v) is 2.69. The number of pyridine rings is 1. The molecule has 0 spiro atoms. The minimum Gasteiger partial charge on any atom is -0.481 e. The van der Waals surface area contributed by atoms with Gasteiger partial charge >= 0.3 is 0 Å². The van der Waals surface area contributed by atoms with E-state index in [0.717, 1.165) is 18.7 Å². The van der Waals surface area contributed by atoms with Crippen LogP contribution in [0.2, 0.25) is 0 Å². The van der Waals surface area contributed by atoms with Gasteiger partial charge in [0.05, 0.1) is 7.11 Å². The third-order valence-electron chi connectivity index (χ3n) is 2.69. The van der Waals surface area contributed by atoms with Crippen LogP contribution in [0.1, 0.15) is 11.3 Å². The number of nitrogens with zero attached hydrogens (tertiary/aromatic N) is 2. The van der Waals surface area contributed by atoms with Gasteiger partial charge in [-0.3, -0.25) is 0 Å². The number of aromatic nitrogens is 2. The minimum atomic E-state index is 0.649. The molecule has 0 saturated heterocycles. The first kappa shape index (κ1) is 11.7. The summed E-state index contributed by atoms with van der Waals surface area (Å²) in [6.07, 6.45) is 3.88. The lowest BCUT2D eigenvalue weighted by Crippen LogP contribution is -2.14. The molecule has 0 saturated carbocycles. The first-order valence-corrected chi connectivity index (χ1v) is 5.59. The fourth-order valence-electron chi connectivity index (χ4n) is 1.65. The number of rotatable bonds is 5. The summed E-state index contributed by atoms with van der Waals surface area (Å²) in [5.41, 5.74) is 2.42. The van der Waals surface area contributed by atoms with Crippen molar-refractivity contribution in [1.82, 2.24) is 14.9 Å². The average Bonchev–Trinajstić information content (AvgIpc) is 2.76. The Bertz CT molecular complexity index is 462. The first-order chi connectivity index (χ1) is 8.29. The monoisotopic (exact) mass is 231 g/mol. The Kier molecular flexibility index (Phi) is 3.77. The van der Waals surface area contributed by atoms with E-state index < -0.39 is 0 Å². The van der Waals surface area contributed by atoms with Crippen molar-refractivity contribution in [2.75, 3.05) is 7.11 Å². The van der Waals surface area contributed by atoms with Crippen LogP contribution in [-0.2, 0) is 20.1 Å². The Labute approximate surface area is 101 Å². The molecular formula is C13H17N3O. The largest absolute Gasteiger partial charge is 0.481 e. The van der Waals surface area contributed by atoms with Crippen LogP contribution in [0.4, 0.5) is 0 Å². The summed E-state index contributed by atoms with van der Waals surface area (Å²) in [6, 6.07) is 8.05. The van der Waals surface area contributed by atoms with E-state index in [-0.39, 0.29) is 0 Å². The maximum atomic E-state index is 5.01. The third kappa shape index (κ3) is 3.07.